The minimum atomic E-state index is -4.49. The van der Waals surface area contributed by atoms with Gasteiger partial charge in [-0.3, -0.25) is 4.57 Å². The molecular formula is C8H19NO6P2. The Morgan fingerprint density at radius 1 is 1.24 bits per heavy atom. The molecule has 0 radical (unpaired) electrons. The van der Waals surface area contributed by atoms with Crippen molar-refractivity contribution in [3.8, 4) is 0 Å². The molecule has 0 saturated heterocycles. The van der Waals surface area contributed by atoms with E-state index in [-0.39, 0.29) is 18.7 Å². The van der Waals surface area contributed by atoms with E-state index in [1.54, 1.807) is 0 Å². The average molecular weight is 287 g/mol. The van der Waals surface area contributed by atoms with Gasteiger partial charge in [0.2, 0.25) is 0 Å². The highest BCUT2D eigenvalue weighted by atomic mass is 31.2. The minimum Gasteiger partial charge on any atom is -0.393 e. The standard InChI is InChI=1S/C8H19NO6P2/c10-7-3-1-6(2-4-7)9-5-8(16(11)12)17(13,14)15/h6-12H,1-5H2,(H2,13,14,15). The van der Waals surface area contributed by atoms with Crippen LogP contribution in [0.25, 0.3) is 0 Å². The van der Waals surface area contributed by atoms with Crippen molar-refractivity contribution < 1.29 is 29.2 Å². The van der Waals surface area contributed by atoms with Crippen LogP contribution >= 0.6 is 16.0 Å². The molecule has 0 aromatic rings. The number of hydrogen-bond acceptors (Lipinski definition) is 5. The first-order chi connectivity index (χ1) is 7.80. The highest BCUT2D eigenvalue weighted by molar-refractivity contribution is 7.68. The van der Waals surface area contributed by atoms with E-state index in [9.17, 15) is 9.67 Å². The lowest BCUT2D eigenvalue weighted by atomic mass is 9.93. The Hall–Kier alpha value is 0.420. The number of aliphatic hydroxyl groups is 1. The predicted molar refractivity (Wildman–Crippen MR) is 63.5 cm³/mol. The van der Waals surface area contributed by atoms with Gasteiger partial charge in [-0.1, -0.05) is 0 Å². The maximum atomic E-state index is 11.0. The quantitative estimate of drug-likeness (QED) is 0.382. The van der Waals surface area contributed by atoms with Gasteiger partial charge in [-0.05, 0) is 25.7 Å². The molecule has 102 valence electrons. The van der Waals surface area contributed by atoms with Crippen LogP contribution in [-0.4, -0.2) is 48.8 Å². The predicted octanol–water partition coefficient (Wildman–Crippen LogP) is -0.320. The second-order valence-electron chi connectivity index (χ2n) is 4.30. The van der Waals surface area contributed by atoms with Crippen molar-refractivity contribution in [2.45, 2.75) is 43.2 Å². The van der Waals surface area contributed by atoms with E-state index in [1.807, 2.05) is 0 Å². The fourth-order valence-electron chi connectivity index (χ4n) is 1.89. The summed E-state index contributed by atoms with van der Waals surface area (Å²) < 4.78 is 11.0. The van der Waals surface area contributed by atoms with Crippen LogP contribution in [0.1, 0.15) is 25.7 Å². The smallest absolute Gasteiger partial charge is 0.338 e. The molecular weight excluding hydrogens is 268 g/mol. The molecule has 1 aliphatic carbocycles. The van der Waals surface area contributed by atoms with Crippen molar-refractivity contribution in [1.29, 1.82) is 0 Å². The summed E-state index contributed by atoms with van der Waals surface area (Å²) in [5.74, 6) is 0. The summed E-state index contributed by atoms with van der Waals surface area (Å²) in [7, 11) is -7.16. The molecule has 1 saturated carbocycles. The van der Waals surface area contributed by atoms with Crippen LogP contribution in [0.3, 0.4) is 0 Å². The van der Waals surface area contributed by atoms with Crippen molar-refractivity contribution in [2.24, 2.45) is 0 Å². The second-order valence-corrected chi connectivity index (χ2v) is 7.78. The van der Waals surface area contributed by atoms with E-state index in [0.717, 1.165) is 12.8 Å². The van der Waals surface area contributed by atoms with E-state index >= 15 is 0 Å². The van der Waals surface area contributed by atoms with Gasteiger partial charge in [0.1, 0.15) is 5.40 Å². The second kappa shape index (κ2) is 6.55. The number of nitrogens with one attached hydrogen (secondary N) is 1. The third kappa shape index (κ3) is 5.28. The van der Waals surface area contributed by atoms with Crippen LogP contribution in [0, 0.1) is 0 Å². The molecule has 1 unspecified atom stereocenters. The van der Waals surface area contributed by atoms with Gasteiger partial charge in [0.05, 0.1) is 6.10 Å². The molecule has 0 aromatic carbocycles. The first kappa shape index (κ1) is 15.5. The van der Waals surface area contributed by atoms with Crippen LogP contribution < -0.4 is 5.32 Å². The first-order valence-corrected chi connectivity index (χ1v) is 8.44. The van der Waals surface area contributed by atoms with Crippen LogP contribution in [-0.2, 0) is 4.57 Å². The highest BCUT2D eigenvalue weighted by Crippen LogP contribution is 2.54. The Kier molecular flexibility index (Phi) is 5.96. The molecule has 1 atom stereocenters. The molecule has 1 rings (SSSR count). The molecule has 1 fully saturated rings. The van der Waals surface area contributed by atoms with Gasteiger partial charge in [0, 0.05) is 12.6 Å². The Bertz CT molecular complexity index is 275. The normalized spacial score (nSPS) is 28.4. The maximum Gasteiger partial charge on any atom is 0.338 e. The molecule has 7 nitrogen and oxygen atoms in total. The Morgan fingerprint density at radius 3 is 2.18 bits per heavy atom. The summed E-state index contributed by atoms with van der Waals surface area (Å²) in [5, 5.41) is 10.8. The van der Waals surface area contributed by atoms with Gasteiger partial charge in [0.25, 0.3) is 0 Å². The van der Waals surface area contributed by atoms with Gasteiger partial charge in [-0.25, -0.2) is 0 Å². The summed E-state index contributed by atoms with van der Waals surface area (Å²) in [6, 6.07) is 0.0717. The zero-order chi connectivity index (χ0) is 13.1. The van der Waals surface area contributed by atoms with Crippen molar-refractivity contribution in [2.75, 3.05) is 6.54 Å². The van der Waals surface area contributed by atoms with Gasteiger partial charge in [0.15, 0.2) is 8.38 Å². The molecule has 0 spiro atoms. The maximum absolute atomic E-state index is 11.0. The molecule has 17 heavy (non-hydrogen) atoms. The molecule has 0 aliphatic heterocycles. The topological polar surface area (TPSA) is 130 Å². The SMILES string of the molecule is O=P(O)(O)C(CNC1CCC(O)CC1)P(O)O. The van der Waals surface area contributed by atoms with Gasteiger partial charge < -0.3 is 30.0 Å². The van der Waals surface area contributed by atoms with Gasteiger partial charge in [-0.15, -0.1) is 0 Å². The van der Waals surface area contributed by atoms with E-state index in [0.29, 0.717) is 12.8 Å². The van der Waals surface area contributed by atoms with Crippen LogP contribution in [0.4, 0.5) is 0 Å². The summed E-state index contributed by atoms with van der Waals surface area (Å²) in [5.41, 5.74) is 0. The number of aliphatic hydroxyl groups excluding tert-OH is 1. The third-order valence-corrected chi connectivity index (χ3v) is 6.14. The molecule has 9 heteroatoms. The largest absolute Gasteiger partial charge is 0.393 e. The molecule has 0 heterocycles. The van der Waals surface area contributed by atoms with Crippen LogP contribution in [0.5, 0.6) is 0 Å². The zero-order valence-electron chi connectivity index (χ0n) is 9.31. The van der Waals surface area contributed by atoms with Crippen molar-refractivity contribution in [1.82, 2.24) is 5.32 Å². The lowest BCUT2D eigenvalue weighted by Gasteiger charge is -2.28. The zero-order valence-corrected chi connectivity index (χ0v) is 11.1. The highest BCUT2D eigenvalue weighted by Gasteiger charge is 2.36. The van der Waals surface area contributed by atoms with E-state index in [4.69, 9.17) is 19.6 Å². The Morgan fingerprint density at radius 2 is 1.76 bits per heavy atom. The van der Waals surface area contributed by atoms with Crippen molar-refractivity contribution >= 4 is 16.0 Å². The number of hydrogen-bond donors (Lipinski definition) is 6. The molecule has 0 bridgehead atoms. The molecule has 0 amide bonds. The Balaban J connectivity index is 2.40. The lowest BCUT2D eigenvalue weighted by Crippen LogP contribution is -2.38. The Labute approximate surface area is 101 Å². The fraction of sp³-hybridized carbons (Fsp3) is 1.00. The minimum absolute atomic E-state index is 0.0717. The lowest BCUT2D eigenvalue weighted by molar-refractivity contribution is 0.117. The molecule has 0 aromatic heterocycles. The van der Waals surface area contributed by atoms with Crippen molar-refractivity contribution in [3.05, 3.63) is 0 Å². The summed E-state index contributed by atoms with van der Waals surface area (Å²) in [6.07, 6.45) is 2.47. The summed E-state index contributed by atoms with van der Waals surface area (Å²) in [4.78, 5) is 35.8. The van der Waals surface area contributed by atoms with E-state index in [2.05, 4.69) is 5.32 Å². The first-order valence-electron chi connectivity index (χ1n) is 5.44. The van der Waals surface area contributed by atoms with Crippen LogP contribution in [0.15, 0.2) is 0 Å². The van der Waals surface area contributed by atoms with E-state index in [1.165, 1.54) is 0 Å². The van der Waals surface area contributed by atoms with Crippen LogP contribution in [0.2, 0.25) is 0 Å². The van der Waals surface area contributed by atoms with Crippen molar-refractivity contribution in [3.63, 3.8) is 0 Å². The molecule has 6 N–H and O–H groups in total. The average Bonchev–Trinajstić information content (AvgIpc) is 2.18. The number of rotatable bonds is 5. The monoisotopic (exact) mass is 287 g/mol. The van der Waals surface area contributed by atoms with Gasteiger partial charge >= 0.3 is 7.60 Å². The van der Waals surface area contributed by atoms with Gasteiger partial charge in [-0.2, -0.15) is 0 Å². The fourth-order valence-corrected chi connectivity index (χ4v) is 3.58. The van der Waals surface area contributed by atoms with E-state index < -0.39 is 21.4 Å². The summed E-state index contributed by atoms with van der Waals surface area (Å²) in [6.45, 7) is -0.121. The summed E-state index contributed by atoms with van der Waals surface area (Å²) >= 11 is 0. The molecule has 1 aliphatic rings. The third-order valence-electron chi connectivity index (χ3n) is 2.94.